The van der Waals surface area contributed by atoms with Gasteiger partial charge in [0.25, 0.3) is 0 Å². The lowest BCUT2D eigenvalue weighted by molar-refractivity contribution is -0.121. The quantitative estimate of drug-likeness (QED) is 0.719. The Kier molecular flexibility index (Phi) is 4.92. The van der Waals surface area contributed by atoms with Gasteiger partial charge in [-0.2, -0.15) is 5.10 Å². The summed E-state index contributed by atoms with van der Waals surface area (Å²) in [7, 11) is 0. The first-order chi connectivity index (χ1) is 12.0. The Morgan fingerprint density at radius 2 is 2.00 bits per heavy atom. The maximum Gasteiger partial charge on any atom is 0.241 e. The smallest absolute Gasteiger partial charge is 0.241 e. The van der Waals surface area contributed by atoms with Crippen LogP contribution in [0.25, 0.3) is 11.3 Å². The molecule has 25 heavy (non-hydrogen) atoms. The van der Waals surface area contributed by atoms with Gasteiger partial charge < -0.3 is 5.32 Å². The van der Waals surface area contributed by atoms with E-state index in [1.807, 2.05) is 0 Å². The normalized spacial score (nSPS) is 10.8. The van der Waals surface area contributed by atoms with E-state index >= 15 is 0 Å². The molecule has 0 aliphatic heterocycles. The highest BCUT2D eigenvalue weighted by molar-refractivity contribution is 5.75. The molecule has 7 nitrogen and oxygen atoms in total. The molecular weight excluding hydrogens is 316 g/mol. The zero-order valence-electron chi connectivity index (χ0n) is 14.7. The fourth-order valence-electron chi connectivity index (χ4n) is 3.03. The van der Waals surface area contributed by atoms with Gasteiger partial charge in [0.15, 0.2) is 0 Å². The molecule has 3 rings (SSSR count). The molecule has 2 heterocycles. The van der Waals surface area contributed by atoms with Gasteiger partial charge in [-0.1, -0.05) is 22.9 Å². The highest BCUT2D eigenvalue weighted by Crippen LogP contribution is 2.16. The van der Waals surface area contributed by atoms with Crippen molar-refractivity contribution in [1.82, 2.24) is 30.5 Å². The molecule has 0 fully saturated rings. The van der Waals surface area contributed by atoms with Crippen LogP contribution in [0.4, 0.5) is 0 Å². The summed E-state index contributed by atoms with van der Waals surface area (Å²) in [6.45, 7) is 7.08. The van der Waals surface area contributed by atoms with Crippen molar-refractivity contribution in [2.24, 2.45) is 0 Å². The van der Waals surface area contributed by atoms with E-state index in [-0.39, 0.29) is 12.5 Å². The van der Waals surface area contributed by atoms with Crippen LogP contribution < -0.4 is 5.32 Å². The second-order valence-corrected chi connectivity index (χ2v) is 6.27. The number of carbonyl (C=O) groups is 1. The summed E-state index contributed by atoms with van der Waals surface area (Å²) in [6, 6.07) is 4.36. The molecule has 0 saturated heterocycles. The number of H-pyrrole nitrogens is 1. The van der Waals surface area contributed by atoms with Gasteiger partial charge in [0, 0.05) is 18.3 Å². The number of aryl methyl sites for hydroxylation is 3. The van der Waals surface area contributed by atoms with E-state index in [1.54, 1.807) is 18.6 Å². The van der Waals surface area contributed by atoms with E-state index in [0.717, 1.165) is 12.0 Å². The SMILES string of the molecule is Cc1cc(C)c(CCNC(=O)Cn2cc(-c3cn[nH]c3)nn2)c(C)c1. The molecule has 7 heteroatoms. The Morgan fingerprint density at radius 1 is 1.24 bits per heavy atom. The van der Waals surface area contributed by atoms with Gasteiger partial charge in [0.2, 0.25) is 5.91 Å². The van der Waals surface area contributed by atoms with Crippen molar-refractivity contribution in [3.05, 3.63) is 53.0 Å². The molecule has 2 aromatic heterocycles. The van der Waals surface area contributed by atoms with Gasteiger partial charge in [-0.25, -0.2) is 4.68 Å². The maximum atomic E-state index is 12.1. The van der Waals surface area contributed by atoms with Gasteiger partial charge in [-0.05, 0) is 43.9 Å². The lowest BCUT2D eigenvalue weighted by Gasteiger charge is -2.12. The van der Waals surface area contributed by atoms with Crippen molar-refractivity contribution in [3.63, 3.8) is 0 Å². The molecule has 3 aromatic rings. The number of amides is 1. The molecule has 0 aliphatic rings. The molecule has 0 bridgehead atoms. The Hall–Kier alpha value is -2.96. The third-order valence-electron chi connectivity index (χ3n) is 4.18. The van der Waals surface area contributed by atoms with Gasteiger partial charge in [-0.3, -0.25) is 9.89 Å². The molecule has 0 radical (unpaired) electrons. The first-order valence-electron chi connectivity index (χ1n) is 8.25. The first-order valence-corrected chi connectivity index (χ1v) is 8.25. The molecular formula is C18H22N6O. The molecule has 1 amide bonds. The summed E-state index contributed by atoms with van der Waals surface area (Å²) in [4.78, 5) is 12.1. The van der Waals surface area contributed by atoms with Gasteiger partial charge in [0.1, 0.15) is 12.2 Å². The Balaban J connectivity index is 1.52. The van der Waals surface area contributed by atoms with Crippen molar-refractivity contribution in [3.8, 4) is 11.3 Å². The summed E-state index contributed by atoms with van der Waals surface area (Å²) in [5.41, 5.74) is 6.64. The van der Waals surface area contributed by atoms with E-state index in [9.17, 15) is 4.79 Å². The molecule has 130 valence electrons. The number of carbonyl (C=O) groups excluding carboxylic acids is 1. The predicted molar refractivity (Wildman–Crippen MR) is 95.0 cm³/mol. The van der Waals surface area contributed by atoms with Crippen LogP contribution in [-0.2, 0) is 17.8 Å². The molecule has 1 aromatic carbocycles. The molecule has 0 aliphatic carbocycles. The zero-order valence-corrected chi connectivity index (χ0v) is 14.7. The molecule has 2 N–H and O–H groups in total. The van der Waals surface area contributed by atoms with Crippen molar-refractivity contribution < 1.29 is 4.79 Å². The molecule has 0 spiro atoms. The lowest BCUT2D eigenvalue weighted by atomic mass is 9.97. The highest BCUT2D eigenvalue weighted by Gasteiger charge is 2.09. The third kappa shape index (κ3) is 4.12. The number of nitrogens with zero attached hydrogens (tertiary/aromatic N) is 4. The molecule has 0 atom stereocenters. The van der Waals surface area contributed by atoms with E-state index in [0.29, 0.717) is 12.2 Å². The fraction of sp³-hybridized carbons (Fsp3) is 0.333. The van der Waals surface area contributed by atoms with E-state index in [1.165, 1.54) is 26.9 Å². The second-order valence-electron chi connectivity index (χ2n) is 6.27. The van der Waals surface area contributed by atoms with Gasteiger partial charge in [0.05, 0.1) is 12.4 Å². The standard InChI is InChI=1S/C18H22N6O/c1-12-6-13(2)16(14(3)7-12)4-5-19-18(25)11-24-10-17(22-23-24)15-8-20-21-9-15/h6-10H,4-5,11H2,1-3H3,(H,19,25)(H,20,21). The monoisotopic (exact) mass is 338 g/mol. The van der Waals surface area contributed by atoms with Crippen molar-refractivity contribution in [1.29, 1.82) is 0 Å². The number of hydrogen-bond donors (Lipinski definition) is 2. The zero-order chi connectivity index (χ0) is 17.8. The minimum absolute atomic E-state index is 0.0777. The van der Waals surface area contributed by atoms with Gasteiger partial charge in [-0.15, -0.1) is 5.10 Å². The van der Waals surface area contributed by atoms with E-state index < -0.39 is 0 Å². The third-order valence-corrected chi connectivity index (χ3v) is 4.18. The molecule has 0 unspecified atom stereocenters. The Bertz CT molecular complexity index is 843. The predicted octanol–water partition coefficient (Wildman–Crippen LogP) is 1.95. The number of hydrogen-bond acceptors (Lipinski definition) is 4. The van der Waals surface area contributed by atoms with Crippen molar-refractivity contribution in [2.45, 2.75) is 33.7 Å². The van der Waals surface area contributed by atoms with Crippen LogP contribution in [0.2, 0.25) is 0 Å². The van der Waals surface area contributed by atoms with Crippen LogP contribution in [0, 0.1) is 20.8 Å². The number of nitrogens with one attached hydrogen (secondary N) is 2. The van der Waals surface area contributed by atoms with Crippen LogP contribution in [0.5, 0.6) is 0 Å². The summed E-state index contributed by atoms with van der Waals surface area (Å²) < 4.78 is 1.53. The van der Waals surface area contributed by atoms with Gasteiger partial charge >= 0.3 is 0 Å². The van der Waals surface area contributed by atoms with Crippen LogP contribution in [0.1, 0.15) is 22.3 Å². The Morgan fingerprint density at radius 3 is 2.68 bits per heavy atom. The van der Waals surface area contributed by atoms with Crippen molar-refractivity contribution in [2.75, 3.05) is 6.54 Å². The van der Waals surface area contributed by atoms with E-state index in [2.05, 4.69) is 58.7 Å². The Labute approximate surface area is 146 Å². The van der Waals surface area contributed by atoms with E-state index in [4.69, 9.17) is 0 Å². The topological polar surface area (TPSA) is 88.5 Å². The van der Waals surface area contributed by atoms with Crippen LogP contribution in [-0.4, -0.2) is 37.6 Å². The average molecular weight is 338 g/mol. The number of aromatic nitrogens is 5. The molecule has 0 saturated carbocycles. The van der Waals surface area contributed by atoms with Crippen LogP contribution >= 0.6 is 0 Å². The lowest BCUT2D eigenvalue weighted by Crippen LogP contribution is -2.29. The second kappa shape index (κ2) is 7.29. The summed E-state index contributed by atoms with van der Waals surface area (Å²) in [5.74, 6) is -0.0777. The number of aromatic amines is 1. The summed E-state index contributed by atoms with van der Waals surface area (Å²) >= 11 is 0. The number of rotatable bonds is 6. The average Bonchev–Trinajstić information content (AvgIpc) is 3.20. The summed E-state index contributed by atoms with van der Waals surface area (Å²) in [6.07, 6.45) is 5.96. The minimum atomic E-state index is -0.0777. The maximum absolute atomic E-state index is 12.1. The minimum Gasteiger partial charge on any atom is -0.354 e. The van der Waals surface area contributed by atoms with Crippen LogP contribution in [0.15, 0.2) is 30.7 Å². The largest absolute Gasteiger partial charge is 0.354 e. The fourth-order valence-corrected chi connectivity index (χ4v) is 3.03. The van der Waals surface area contributed by atoms with Crippen molar-refractivity contribution >= 4 is 5.91 Å². The summed E-state index contributed by atoms with van der Waals surface area (Å²) in [5, 5.41) is 17.6. The first kappa shape index (κ1) is 16.9. The van der Waals surface area contributed by atoms with Crippen LogP contribution in [0.3, 0.4) is 0 Å². The highest BCUT2D eigenvalue weighted by atomic mass is 16.2. The number of benzene rings is 1.